The Labute approximate surface area is 165 Å². The van der Waals surface area contributed by atoms with Crippen LogP contribution in [0.5, 0.6) is 0 Å². The minimum absolute atomic E-state index is 0.309. The highest BCUT2D eigenvalue weighted by Gasteiger charge is 2.12. The van der Waals surface area contributed by atoms with E-state index < -0.39 is 0 Å². The Bertz CT molecular complexity index is 1080. The minimum atomic E-state index is 0.309. The second-order valence-electron chi connectivity index (χ2n) is 5.70. The molecule has 0 aliphatic heterocycles. The molecule has 0 fully saturated rings. The number of nitrogens with two attached hydrogens (primary N) is 1. The Morgan fingerprint density at radius 1 is 1.11 bits per heavy atom. The van der Waals surface area contributed by atoms with Gasteiger partial charge in [0.05, 0.1) is 5.75 Å². The standard InChI is InChI=1S/C18H15N5O2S.CH4O/c24-5-6-26-18-20-17(21-22-18)14-8-13(9-15(10-14)23-25)11-1-2-16-12(7-11)3-4-19-16;1-2/h1-5,7-10,19,23,25H,6H2,(H,20,21,22);2H,1H3/p+1. The molecule has 0 spiro atoms. The number of benzene rings is 2. The fraction of sp³-hybridized carbons (Fsp3) is 0.105. The van der Waals surface area contributed by atoms with E-state index in [1.54, 1.807) is 0 Å². The van der Waals surface area contributed by atoms with E-state index in [1.807, 2.05) is 42.6 Å². The summed E-state index contributed by atoms with van der Waals surface area (Å²) in [6, 6.07) is 13.9. The van der Waals surface area contributed by atoms with Crippen LogP contribution in [0.3, 0.4) is 0 Å². The highest BCUT2D eigenvalue weighted by atomic mass is 32.2. The number of hydrogen-bond acceptors (Lipinski definition) is 6. The number of carbonyl (C=O) groups excluding carboxylic acids is 1. The van der Waals surface area contributed by atoms with Gasteiger partial charge in [-0.3, -0.25) is 5.10 Å². The van der Waals surface area contributed by atoms with Crippen LogP contribution < -0.4 is 5.48 Å². The van der Waals surface area contributed by atoms with E-state index in [1.165, 1.54) is 11.8 Å². The number of aliphatic hydroxyl groups is 1. The molecule has 28 heavy (non-hydrogen) atoms. The number of fused-ring (bicyclic) bond motifs is 1. The van der Waals surface area contributed by atoms with Crippen LogP contribution in [-0.2, 0) is 4.79 Å². The van der Waals surface area contributed by atoms with Crippen LogP contribution in [0.4, 0.5) is 5.69 Å². The van der Waals surface area contributed by atoms with E-state index in [-0.39, 0.29) is 0 Å². The van der Waals surface area contributed by atoms with Gasteiger partial charge in [-0.15, -0.1) is 5.10 Å². The number of thioether (sulfide) groups is 1. The Hall–Kier alpha value is -2.98. The van der Waals surface area contributed by atoms with Crippen molar-refractivity contribution in [2.24, 2.45) is 0 Å². The van der Waals surface area contributed by atoms with Gasteiger partial charge in [0.15, 0.2) is 11.5 Å². The molecular formula is C19H20N5O3S+. The van der Waals surface area contributed by atoms with Crippen LogP contribution in [0, 0.1) is 0 Å². The number of nitrogens with zero attached hydrogens (tertiary/aromatic N) is 2. The number of aromatic amines is 2. The van der Waals surface area contributed by atoms with E-state index in [2.05, 4.69) is 26.2 Å². The van der Waals surface area contributed by atoms with Crippen molar-refractivity contribution in [3.8, 4) is 22.5 Å². The second-order valence-corrected chi connectivity index (χ2v) is 6.68. The Morgan fingerprint density at radius 3 is 2.71 bits per heavy atom. The molecule has 0 amide bonds. The fourth-order valence-electron chi connectivity index (χ4n) is 2.81. The van der Waals surface area contributed by atoms with Gasteiger partial charge in [0, 0.05) is 36.5 Å². The molecule has 0 bridgehead atoms. The number of rotatable bonds is 6. The first-order valence-electron chi connectivity index (χ1n) is 8.41. The second kappa shape index (κ2) is 9.29. The zero-order chi connectivity index (χ0) is 19.9. The van der Waals surface area contributed by atoms with Gasteiger partial charge < -0.3 is 14.9 Å². The average Bonchev–Trinajstić information content (AvgIpc) is 3.42. The van der Waals surface area contributed by atoms with Crippen molar-refractivity contribution in [1.29, 1.82) is 0 Å². The largest absolute Gasteiger partial charge is 0.400 e. The lowest BCUT2D eigenvalue weighted by atomic mass is 10.0. The van der Waals surface area contributed by atoms with Gasteiger partial charge in [-0.25, -0.2) is 10.2 Å². The molecule has 9 heteroatoms. The third kappa shape index (κ3) is 4.29. The molecule has 2 aromatic carbocycles. The van der Waals surface area contributed by atoms with Crippen LogP contribution in [0.2, 0.25) is 0 Å². The summed E-state index contributed by atoms with van der Waals surface area (Å²) in [7, 11) is 1.00. The molecule has 0 radical (unpaired) electrons. The van der Waals surface area contributed by atoms with E-state index in [9.17, 15) is 10.0 Å². The predicted molar refractivity (Wildman–Crippen MR) is 107 cm³/mol. The van der Waals surface area contributed by atoms with Crippen LogP contribution in [0.25, 0.3) is 33.4 Å². The molecule has 0 unspecified atom stereocenters. The molecule has 4 aromatic rings. The van der Waals surface area contributed by atoms with Crippen LogP contribution in [-0.4, -0.2) is 49.6 Å². The fourth-order valence-corrected chi connectivity index (χ4v) is 3.29. The Balaban J connectivity index is 0.00000109. The highest BCUT2D eigenvalue weighted by Crippen LogP contribution is 2.30. The van der Waals surface area contributed by atoms with Gasteiger partial charge in [0.2, 0.25) is 5.16 Å². The Kier molecular flexibility index (Phi) is 6.56. The van der Waals surface area contributed by atoms with Crippen LogP contribution >= 0.6 is 11.8 Å². The van der Waals surface area contributed by atoms with E-state index in [4.69, 9.17) is 5.11 Å². The maximum Gasteiger partial charge on any atom is 0.209 e. The summed E-state index contributed by atoms with van der Waals surface area (Å²) in [5.41, 5.74) is 5.63. The summed E-state index contributed by atoms with van der Waals surface area (Å²) in [5.74, 6) is 0.898. The molecule has 0 atom stereocenters. The lowest BCUT2D eigenvalue weighted by Crippen LogP contribution is -2.73. The zero-order valence-corrected chi connectivity index (χ0v) is 15.9. The zero-order valence-electron chi connectivity index (χ0n) is 15.1. The topological polar surface area (TPSA) is 132 Å². The van der Waals surface area contributed by atoms with Crippen molar-refractivity contribution in [2.45, 2.75) is 5.16 Å². The maximum absolute atomic E-state index is 10.5. The summed E-state index contributed by atoms with van der Waals surface area (Å²) in [4.78, 5) is 18.1. The first-order chi connectivity index (χ1) is 13.8. The first kappa shape index (κ1) is 19.8. The summed E-state index contributed by atoms with van der Waals surface area (Å²) in [6.07, 6.45) is 2.72. The SMILES string of the molecule is CO.O=CCSc1n[nH]c(-c2cc([NH2+]O)cc(-c3ccc4[nH]ccc4c3)c2)n1. The van der Waals surface area contributed by atoms with Gasteiger partial charge in [-0.2, -0.15) is 5.48 Å². The van der Waals surface area contributed by atoms with Crippen LogP contribution in [0.1, 0.15) is 0 Å². The Morgan fingerprint density at radius 2 is 1.93 bits per heavy atom. The van der Waals surface area contributed by atoms with Crippen molar-refractivity contribution in [3.05, 3.63) is 48.7 Å². The summed E-state index contributed by atoms with van der Waals surface area (Å²) < 4.78 is 0. The van der Waals surface area contributed by atoms with Crippen LogP contribution in [0.15, 0.2) is 53.8 Å². The molecule has 2 heterocycles. The third-order valence-electron chi connectivity index (χ3n) is 4.01. The van der Waals surface area contributed by atoms with E-state index in [0.29, 0.717) is 22.4 Å². The average molecular weight is 398 g/mol. The number of quaternary nitrogens is 1. The highest BCUT2D eigenvalue weighted by molar-refractivity contribution is 7.99. The molecule has 144 valence electrons. The number of aliphatic hydroxyl groups excluding tert-OH is 1. The molecule has 4 rings (SSSR count). The molecule has 0 saturated heterocycles. The third-order valence-corrected chi connectivity index (χ3v) is 4.75. The molecule has 0 aliphatic rings. The maximum atomic E-state index is 10.5. The predicted octanol–water partition coefficient (Wildman–Crippen LogP) is 2.10. The molecule has 0 aliphatic carbocycles. The number of carbonyl (C=O) groups is 1. The van der Waals surface area contributed by atoms with Crippen molar-refractivity contribution < 1.29 is 20.6 Å². The smallest absolute Gasteiger partial charge is 0.209 e. The van der Waals surface area contributed by atoms with Gasteiger partial charge in [-0.05, 0) is 40.8 Å². The van der Waals surface area contributed by atoms with Gasteiger partial charge in [-0.1, -0.05) is 17.8 Å². The van der Waals surface area contributed by atoms with Crippen molar-refractivity contribution in [1.82, 2.24) is 20.2 Å². The van der Waals surface area contributed by atoms with E-state index >= 15 is 0 Å². The number of aldehydes is 1. The molecular weight excluding hydrogens is 378 g/mol. The number of aromatic nitrogens is 4. The normalized spacial score (nSPS) is 10.5. The van der Waals surface area contributed by atoms with Gasteiger partial charge in [0.1, 0.15) is 6.29 Å². The lowest BCUT2D eigenvalue weighted by Gasteiger charge is -2.06. The monoisotopic (exact) mass is 398 g/mol. The number of hydrogen-bond donors (Lipinski definition) is 5. The molecule has 0 saturated carbocycles. The van der Waals surface area contributed by atoms with Crippen molar-refractivity contribution in [2.75, 3.05) is 12.9 Å². The number of H-pyrrole nitrogens is 2. The number of nitrogens with one attached hydrogen (secondary N) is 2. The van der Waals surface area contributed by atoms with Crippen molar-refractivity contribution in [3.63, 3.8) is 0 Å². The van der Waals surface area contributed by atoms with Crippen molar-refractivity contribution >= 4 is 34.6 Å². The van der Waals surface area contributed by atoms with Gasteiger partial charge >= 0.3 is 0 Å². The van der Waals surface area contributed by atoms with Gasteiger partial charge in [0.25, 0.3) is 0 Å². The lowest BCUT2D eigenvalue weighted by molar-refractivity contribution is -0.825. The quantitative estimate of drug-likeness (QED) is 0.146. The summed E-state index contributed by atoms with van der Waals surface area (Å²) in [5, 5.41) is 25.2. The molecule has 2 aromatic heterocycles. The summed E-state index contributed by atoms with van der Waals surface area (Å²) >= 11 is 1.27. The minimum Gasteiger partial charge on any atom is -0.400 e. The summed E-state index contributed by atoms with van der Waals surface area (Å²) in [6.45, 7) is 0. The van der Waals surface area contributed by atoms with E-state index in [0.717, 1.165) is 46.5 Å². The first-order valence-corrected chi connectivity index (χ1v) is 9.39. The molecule has 6 N–H and O–H groups in total. The molecule has 8 nitrogen and oxygen atoms in total.